The van der Waals surface area contributed by atoms with Crippen molar-refractivity contribution in [3.8, 4) is 0 Å². The van der Waals surface area contributed by atoms with Crippen molar-refractivity contribution in [1.29, 1.82) is 0 Å². The van der Waals surface area contributed by atoms with E-state index in [4.69, 9.17) is 0 Å². The Bertz CT molecular complexity index is 530. The number of thioether (sulfide) groups is 1. The van der Waals surface area contributed by atoms with Crippen molar-refractivity contribution in [3.63, 3.8) is 0 Å². The third-order valence-corrected chi connectivity index (χ3v) is 7.97. The molecule has 4 heteroatoms. The SMILES string of the molecule is CC1(C)c2sc(=O)[nH]c2S[C@H]2[C@H]3CC[C@@H](C3)[C@H]21. The zero-order valence-electron chi connectivity index (χ0n) is 10.2. The highest BCUT2D eigenvalue weighted by molar-refractivity contribution is 8.00. The van der Waals surface area contributed by atoms with Crippen LogP contribution in [0, 0.1) is 17.8 Å². The molecule has 0 unspecified atom stereocenters. The molecule has 3 aliphatic rings. The normalized spacial score (nSPS) is 41.3. The van der Waals surface area contributed by atoms with Gasteiger partial charge in [0.05, 0.1) is 5.03 Å². The molecule has 1 aromatic rings. The predicted molar refractivity (Wildman–Crippen MR) is 71.9 cm³/mol. The molecule has 0 spiro atoms. The van der Waals surface area contributed by atoms with Gasteiger partial charge in [-0.15, -0.1) is 11.8 Å². The number of H-pyrrole nitrogens is 1. The molecule has 92 valence electrons. The number of aromatic nitrogens is 1. The van der Waals surface area contributed by atoms with E-state index < -0.39 is 0 Å². The van der Waals surface area contributed by atoms with E-state index in [0.29, 0.717) is 0 Å². The van der Waals surface area contributed by atoms with E-state index in [2.05, 4.69) is 18.8 Å². The van der Waals surface area contributed by atoms with Crippen molar-refractivity contribution in [1.82, 2.24) is 4.98 Å². The van der Waals surface area contributed by atoms with Crippen LogP contribution in [0.5, 0.6) is 0 Å². The number of hydrogen-bond acceptors (Lipinski definition) is 3. The predicted octanol–water partition coefficient (Wildman–Crippen LogP) is 3.23. The van der Waals surface area contributed by atoms with Crippen molar-refractivity contribution in [3.05, 3.63) is 14.5 Å². The van der Waals surface area contributed by atoms with Gasteiger partial charge >= 0.3 is 4.87 Å². The summed E-state index contributed by atoms with van der Waals surface area (Å²) < 4.78 is 0. The maximum absolute atomic E-state index is 11.6. The average Bonchev–Trinajstić information content (AvgIpc) is 2.90. The molecular weight excluding hydrogens is 250 g/mol. The Morgan fingerprint density at radius 3 is 2.88 bits per heavy atom. The highest BCUT2D eigenvalue weighted by Gasteiger charge is 2.57. The monoisotopic (exact) mass is 267 g/mol. The molecule has 2 nitrogen and oxygen atoms in total. The van der Waals surface area contributed by atoms with E-state index in [-0.39, 0.29) is 10.3 Å². The fraction of sp³-hybridized carbons (Fsp3) is 0.769. The summed E-state index contributed by atoms with van der Waals surface area (Å²) >= 11 is 3.41. The van der Waals surface area contributed by atoms with Gasteiger partial charge in [0, 0.05) is 15.5 Å². The molecule has 2 aliphatic carbocycles. The Labute approximate surface area is 109 Å². The van der Waals surface area contributed by atoms with E-state index in [1.807, 2.05) is 11.8 Å². The fourth-order valence-corrected chi connectivity index (χ4v) is 7.67. The van der Waals surface area contributed by atoms with Crippen LogP contribution in [0.4, 0.5) is 0 Å². The largest absolute Gasteiger partial charge is 0.307 e. The summed E-state index contributed by atoms with van der Waals surface area (Å²) in [6.07, 6.45) is 4.27. The van der Waals surface area contributed by atoms with Crippen LogP contribution >= 0.6 is 23.1 Å². The highest BCUT2D eigenvalue weighted by atomic mass is 32.2. The summed E-state index contributed by atoms with van der Waals surface area (Å²) in [7, 11) is 0. The molecule has 2 saturated carbocycles. The van der Waals surface area contributed by atoms with Crippen molar-refractivity contribution < 1.29 is 0 Å². The smallest absolute Gasteiger partial charge is 0.305 e. The van der Waals surface area contributed by atoms with Gasteiger partial charge in [-0.25, -0.2) is 0 Å². The van der Waals surface area contributed by atoms with E-state index >= 15 is 0 Å². The lowest BCUT2D eigenvalue weighted by Gasteiger charge is -2.45. The molecule has 2 fully saturated rings. The van der Waals surface area contributed by atoms with Crippen LogP contribution in [0.15, 0.2) is 9.82 Å². The Balaban J connectivity index is 1.89. The minimum atomic E-state index is 0.128. The Hall–Kier alpha value is -0.220. The first-order chi connectivity index (χ1) is 8.07. The first kappa shape index (κ1) is 10.7. The number of hydrogen-bond donors (Lipinski definition) is 1. The van der Waals surface area contributed by atoms with Gasteiger partial charge in [0.1, 0.15) is 0 Å². The highest BCUT2D eigenvalue weighted by Crippen LogP contribution is 2.64. The van der Waals surface area contributed by atoms with Gasteiger partial charge in [0.2, 0.25) is 0 Å². The van der Waals surface area contributed by atoms with Crippen LogP contribution in [0.3, 0.4) is 0 Å². The molecule has 0 radical (unpaired) electrons. The minimum Gasteiger partial charge on any atom is -0.307 e. The third-order valence-electron chi connectivity index (χ3n) is 5.13. The number of nitrogens with one attached hydrogen (secondary N) is 1. The second-order valence-corrected chi connectivity index (χ2v) is 8.51. The molecule has 4 atom stereocenters. The number of fused-ring (bicyclic) bond motifs is 6. The summed E-state index contributed by atoms with van der Waals surface area (Å²) in [4.78, 5) is 16.1. The van der Waals surface area contributed by atoms with Gasteiger partial charge in [-0.2, -0.15) is 0 Å². The summed E-state index contributed by atoms with van der Waals surface area (Å²) in [6, 6.07) is 0. The van der Waals surface area contributed by atoms with Crippen LogP contribution in [-0.4, -0.2) is 10.2 Å². The van der Waals surface area contributed by atoms with Crippen LogP contribution in [0.2, 0.25) is 0 Å². The van der Waals surface area contributed by atoms with Crippen LogP contribution in [0.1, 0.15) is 38.0 Å². The van der Waals surface area contributed by atoms with Gasteiger partial charge in [-0.05, 0) is 37.0 Å². The second-order valence-electron chi connectivity index (χ2n) is 6.34. The summed E-state index contributed by atoms with van der Waals surface area (Å²) in [5.41, 5.74) is 0.203. The number of aromatic amines is 1. The molecule has 4 rings (SSSR count). The molecule has 1 aromatic heterocycles. The molecule has 0 saturated heterocycles. The van der Waals surface area contributed by atoms with E-state index in [9.17, 15) is 4.79 Å². The van der Waals surface area contributed by atoms with Crippen molar-refractivity contribution >= 4 is 23.1 Å². The van der Waals surface area contributed by atoms with Crippen LogP contribution in [-0.2, 0) is 5.41 Å². The Kier molecular flexibility index (Phi) is 2.02. The number of thiazole rings is 1. The Morgan fingerprint density at radius 1 is 1.29 bits per heavy atom. The molecular formula is C13H17NOS2. The maximum atomic E-state index is 11.6. The summed E-state index contributed by atoms with van der Waals surface area (Å²) in [5.74, 6) is 2.62. The second kappa shape index (κ2) is 3.21. The molecule has 1 N–H and O–H groups in total. The molecule has 17 heavy (non-hydrogen) atoms. The molecule has 0 aromatic carbocycles. The van der Waals surface area contributed by atoms with Gasteiger partial charge in [0.25, 0.3) is 0 Å². The molecule has 2 heterocycles. The third kappa shape index (κ3) is 1.26. The van der Waals surface area contributed by atoms with Gasteiger partial charge in [0.15, 0.2) is 0 Å². The van der Waals surface area contributed by atoms with E-state index in [0.717, 1.165) is 23.0 Å². The lowest BCUT2D eigenvalue weighted by atomic mass is 9.69. The van der Waals surface area contributed by atoms with Crippen molar-refractivity contribution in [2.75, 3.05) is 0 Å². The first-order valence-corrected chi connectivity index (χ1v) is 8.17. The lowest BCUT2D eigenvalue weighted by molar-refractivity contribution is 0.218. The average molecular weight is 267 g/mol. The van der Waals surface area contributed by atoms with Crippen LogP contribution < -0.4 is 4.87 Å². The zero-order valence-corrected chi connectivity index (χ0v) is 11.8. The fourth-order valence-electron chi connectivity index (χ4n) is 4.52. The zero-order chi connectivity index (χ0) is 11.8. The van der Waals surface area contributed by atoms with Crippen LogP contribution in [0.25, 0.3) is 0 Å². The first-order valence-electron chi connectivity index (χ1n) is 6.47. The van der Waals surface area contributed by atoms with Crippen molar-refractivity contribution in [2.24, 2.45) is 17.8 Å². The lowest BCUT2D eigenvalue weighted by Crippen LogP contribution is -2.42. The maximum Gasteiger partial charge on any atom is 0.305 e. The molecule has 0 amide bonds. The molecule has 2 bridgehead atoms. The topological polar surface area (TPSA) is 32.9 Å². The minimum absolute atomic E-state index is 0.128. The molecule has 1 aliphatic heterocycles. The van der Waals surface area contributed by atoms with Crippen molar-refractivity contribution in [2.45, 2.75) is 48.8 Å². The van der Waals surface area contributed by atoms with Gasteiger partial charge < -0.3 is 4.98 Å². The quantitative estimate of drug-likeness (QED) is 0.783. The Morgan fingerprint density at radius 2 is 2.06 bits per heavy atom. The van der Waals surface area contributed by atoms with Gasteiger partial charge in [-0.1, -0.05) is 25.2 Å². The summed E-state index contributed by atoms with van der Waals surface area (Å²) in [5, 5.41) is 1.94. The number of rotatable bonds is 0. The van der Waals surface area contributed by atoms with E-state index in [1.54, 1.807) is 0 Å². The van der Waals surface area contributed by atoms with Gasteiger partial charge in [-0.3, -0.25) is 4.79 Å². The summed E-state index contributed by atoms with van der Waals surface area (Å²) in [6.45, 7) is 4.71. The standard InChI is InChI=1S/C13H17NOS2/c1-13(2)8-6-3-4-7(5-6)9(8)16-11-10(13)17-12(15)14-11/h6-9H,3-5H2,1-2H3,(H,14,15)/t6-,7-,8+,9-/m0/s1. The van der Waals surface area contributed by atoms with E-state index in [1.165, 1.54) is 40.5 Å².